The number of phenolic OH excluding ortho intramolecular Hbond substituents is 2. The third-order valence-corrected chi connectivity index (χ3v) is 1.01. The second kappa shape index (κ2) is 2.52. The molecule has 4 heteroatoms. The molecule has 0 aliphatic rings. The van der Waals surface area contributed by atoms with E-state index in [-0.39, 0.29) is 17.2 Å². The Morgan fingerprint density at radius 1 is 1.10 bits per heavy atom. The molecule has 0 unspecified atom stereocenters. The Labute approximate surface area is 59.3 Å². The lowest BCUT2D eigenvalue weighted by Gasteiger charge is -2.00. The Kier molecular flexibility index (Phi) is 1.71. The smallest absolute Gasteiger partial charge is 0.374 e. The summed E-state index contributed by atoms with van der Waals surface area (Å²) < 4.78 is 4.26. The quantitative estimate of drug-likeness (QED) is 0.554. The second-order valence-corrected chi connectivity index (χ2v) is 1.80. The van der Waals surface area contributed by atoms with Crippen LogP contribution in [0.5, 0.6) is 17.2 Å². The third-order valence-electron chi connectivity index (χ3n) is 1.01. The molecule has 0 saturated heterocycles. The van der Waals surface area contributed by atoms with Gasteiger partial charge in [0, 0.05) is 18.2 Å². The average molecular weight is 136 g/mol. The van der Waals surface area contributed by atoms with Gasteiger partial charge in [-0.05, 0) is 0 Å². The maximum absolute atomic E-state index is 8.83. The number of rotatable bonds is 1. The Morgan fingerprint density at radius 3 is 2.00 bits per heavy atom. The van der Waals surface area contributed by atoms with Crippen molar-refractivity contribution in [3.05, 3.63) is 18.2 Å². The summed E-state index contributed by atoms with van der Waals surface area (Å²) in [6, 6.07) is 3.77. The highest BCUT2D eigenvalue weighted by atomic mass is 16.4. The van der Waals surface area contributed by atoms with Gasteiger partial charge in [-0.25, -0.2) is 0 Å². The van der Waals surface area contributed by atoms with Crippen LogP contribution in [0.15, 0.2) is 18.2 Å². The number of benzene rings is 1. The van der Waals surface area contributed by atoms with E-state index in [1.165, 1.54) is 18.2 Å². The third kappa shape index (κ3) is 1.34. The topological polar surface area (TPSA) is 49.7 Å². The van der Waals surface area contributed by atoms with Gasteiger partial charge in [0.05, 0.1) is 0 Å². The van der Waals surface area contributed by atoms with Crippen molar-refractivity contribution >= 4 is 8.05 Å². The van der Waals surface area contributed by atoms with Crippen molar-refractivity contribution in [3.63, 3.8) is 0 Å². The standard InChI is InChI=1S/C6H5BO3/c7-10-6-2-4(8)1-5(9)3-6/h1-3,8-9H. The van der Waals surface area contributed by atoms with Crippen LogP contribution in [0.4, 0.5) is 0 Å². The van der Waals surface area contributed by atoms with Crippen molar-refractivity contribution in [1.82, 2.24) is 0 Å². The largest absolute Gasteiger partial charge is 0.568 e. The van der Waals surface area contributed by atoms with Gasteiger partial charge in [-0.15, -0.1) is 0 Å². The highest BCUT2D eigenvalue weighted by molar-refractivity contribution is 6.00. The fraction of sp³-hybridized carbons (Fsp3) is 0. The molecule has 0 amide bonds. The van der Waals surface area contributed by atoms with Crippen LogP contribution < -0.4 is 4.65 Å². The van der Waals surface area contributed by atoms with Crippen LogP contribution in [0.3, 0.4) is 0 Å². The first-order chi connectivity index (χ1) is 4.72. The van der Waals surface area contributed by atoms with Crippen molar-refractivity contribution < 1.29 is 14.9 Å². The molecule has 0 spiro atoms. The summed E-state index contributed by atoms with van der Waals surface area (Å²) in [5.74, 6) is 0.0541. The summed E-state index contributed by atoms with van der Waals surface area (Å²) >= 11 is 0. The van der Waals surface area contributed by atoms with Crippen molar-refractivity contribution in [1.29, 1.82) is 0 Å². The van der Waals surface area contributed by atoms with Crippen LogP contribution in [-0.4, -0.2) is 18.3 Å². The summed E-state index contributed by atoms with van der Waals surface area (Å²) in [7, 11) is 4.77. The van der Waals surface area contributed by atoms with Crippen molar-refractivity contribution in [2.45, 2.75) is 0 Å². The van der Waals surface area contributed by atoms with Gasteiger partial charge in [-0.2, -0.15) is 0 Å². The van der Waals surface area contributed by atoms with E-state index in [0.29, 0.717) is 0 Å². The molecule has 0 atom stereocenters. The van der Waals surface area contributed by atoms with Crippen molar-refractivity contribution in [3.8, 4) is 17.2 Å². The maximum Gasteiger partial charge on any atom is 0.374 e. The predicted octanol–water partition coefficient (Wildman–Crippen LogP) is 0.560. The Hall–Kier alpha value is -1.32. The van der Waals surface area contributed by atoms with Gasteiger partial charge in [-0.3, -0.25) is 0 Å². The molecule has 50 valence electrons. The first-order valence-electron chi connectivity index (χ1n) is 2.62. The molecule has 0 aliphatic carbocycles. The Balaban J connectivity index is 3.06. The van der Waals surface area contributed by atoms with Gasteiger partial charge >= 0.3 is 8.05 Å². The first kappa shape index (κ1) is 6.80. The molecule has 2 radical (unpaired) electrons. The molecule has 0 bridgehead atoms. The zero-order valence-electron chi connectivity index (χ0n) is 5.11. The predicted molar refractivity (Wildman–Crippen MR) is 36.2 cm³/mol. The molecule has 10 heavy (non-hydrogen) atoms. The molecule has 0 heterocycles. The molecule has 1 aromatic rings. The van der Waals surface area contributed by atoms with Gasteiger partial charge in [0.25, 0.3) is 0 Å². The summed E-state index contributed by atoms with van der Waals surface area (Å²) in [5.41, 5.74) is 0. The van der Waals surface area contributed by atoms with E-state index in [9.17, 15) is 0 Å². The van der Waals surface area contributed by atoms with Gasteiger partial charge in [0.1, 0.15) is 17.2 Å². The van der Waals surface area contributed by atoms with Gasteiger partial charge in [-0.1, -0.05) is 0 Å². The van der Waals surface area contributed by atoms with Gasteiger partial charge in [0.2, 0.25) is 0 Å². The normalized spacial score (nSPS) is 9.20. The molecule has 1 aromatic carbocycles. The molecular formula is C6H5BO3. The summed E-state index contributed by atoms with van der Waals surface area (Å²) in [5, 5.41) is 17.7. The van der Waals surface area contributed by atoms with E-state index in [0.717, 1.165) is 0 Å². The highest BCUT2D eigenvalue weighted by Gasteiger charge is 1.96. The Bertz CT molecular complexity index is 216. The van der Waals surface area contributed by atoms with Crippen LogP contribution in [0, 0.1) is 0 Å². The summed E-state index contributed by atoms with van der Waals surface area (Å²) in [4.78, 5) is 0. The van der Waals surface area contributed by atoms with Crippen molar-refractivity contribution in [2.24, 2.45) is 0 Å². The van der Waals surface area contributed by atoms with E-state index in [1.54, 1.807) is 0 Å². The highest BCUT2D eigenvalue weighted by Crippen LogP contribution is 2.24. The zero-order valence-corrected chi connectivity index (χ0v) is 5.11. The fourth-order valence-corrected chi connectivity index (χ4v) is 0.636. The molecule has 0 fully saturated rings. The molecule has 1 rings (SSSR count). The van der Waals surface area contributed by atoms with Gasteiger partial charge < -0.3 is 14.9 Å². The second-order valence-electron chi connectivity index (χ2n) is 1.80. The Morgan fingerprint density at radius 2 is 1.60 bits per heavy atom. The molecule has 0 aliphatic heterocycles. The average Bonchev–Trinajstić information content (AvgIpc) is 1.85. The lowest BCUT2D eigenvalue weighted by Crippen LogP contribution is -1.83. The minimum absolute atomic E-state index is 0.0829. The molecule has 2 N–H and O–H groups in total. The van der Waals surface area contributed by atoms with Crippen LogP contribution in [0.1, 0.15) is 0 Å². The molecule has 3 nitrogen and oxygen atoms in total. The zero-order chi connectivity index (χ0) is 7.56. The summed E-state index contributed by atoms with van der Waals surface area (Å²) in [6.07, 6.45) is 0. The van der Waals surface area contributed by atoms with Crippen LogP contribution in [0.25, 0.3) is 0 Å². The SMILES string of the molecule is [B]Oc1cc(O)cc(O)c1. The number of aromatic hydroxyl groups is 2. The van der Waals surface area contributed by atoms with E-state index < -0.39 is 0 Å². The van der Waals surface area contributed by atoms with E-state index in [4.69, 9.17) is 18.3 Å². The van der Waals surface area contributed by atoms with E-state index >= 15 is 0 Å². The summed E-state index contributed by atoms with van der Waals surface area (Å²) in [6.45, 7) is 0. The minimum Gasteiger partial charge on any atom is -0.568 e. The lowest BCUT2D eigenvalue weighted by molar-refractivity contribution is 0.445. The molecule has 0 aromatic heterocycles. The maximum atomic E-state index is 8.83. The number of phenols is 2. The van der Waals surface area contributed by atoms with E-state index in [2.05, 4.69) is 4.65 Å². The monoisotopic (exact) mass is 136 g/mol. The fourth-order valence-electron chi connectivity index (χ4n) is 0.636. The number of hydrogen-bond donors (Lipinski definition) is 2. The van der Waals surface area contributed by atoms with Crippen LogP contribution in [0.2, 0.25) is 0 Å². The molecular weight excluding hydrogens is 131 g/mol. The minimum atomic E-state index is -0.0829. The first-order valence-corrected chi connectivity index (χ1v) is 2.62. The van der Waals surface area contributed by atoms with Gasteiger partial charge in [0.15, 0.2) is 0 Å². The molecule has 0 saturated carbocycles. The van der Waals surface area contributed by atoms with Crippen molar-refractivity contribution in [2.75, 3.05) is 0 Å². The van der Waals surface area contributed by atoms with E-state index in [1.807, 2.05) is 0 Å². The van der Waals surface area contributed by atoms with Crippen LogP contribution in [-0.2, 0) is 0 Å². The van der Waals surface area contributed by atoms with Crippen LogP contribution >= 0.6 is 0 Å². The number of hydrogen-bond acceptors (Lipinski definition) is 3. The lowest BCUT2D eigenvalue weighted by atomic mass is 10.3.